The molecule has 1 unspecified atom stereocenters. The molecule has 0 bridgehead atoms. The fourth-order valence-corrected chi connectivity index (χ4v) is 3.70. The van der Waals surface area contributed by atoms with Crippen LogP contribution in [0, 0.1) is 12.8 Å². The van der Waals surface area contributed by atoms with Gasteiger partial charge in [-0.1, -0.05) is 30.3 Å². The maximum absolute atomic E-state index is 12.5. The maximum Gasteiger partial charge on any atom is 0.234 e. The van der Waals surface area contributed by atoms with Crippen molar-refractivity contribution >= 4 is 17.2 Å². The Kier molecular flexibility index (Phi) is 5.01. The van der Waals surface area contributed by atoms with Crippen molar-refractivity contribution in [2.24, 2.45) is 5.92 Å². The first-order chi connectivity index (χ1) is 11.5. The molecule has 1 aliphatic carbocycles. The number of thiazole rings is 1. The molecular formula is C19H25N3OS. The fourth-order valence-electron chi connectivity index (χ4n) is 2.81. The Morgan fingerprint density at radius 1 is 1.33 bits per heavy atom. The van der Waals surface area contributed by atoms with E-state index in [9.17, 15) is 4.79 Å². The van der Waals surface area contributed by atoms with E-state index in [1.807, 2.05) is 30.5 Å². The predicted molar refractivity (Wildman–Crippen MR) is 97.9 cm³/mol. The molecule has 2 N–H and O–H groups in total. The van der Waals surface area contributed by atoms with Crippen LogP contribution in [0.4, 0.5) is 0 Å². The lowest BCUT2D eigenvalue weighted by Crippen LogP contribution is -2.44. The minimum atomic E-state index is -0.307. The topological polar surface area (TPSA) is 54.0 Å². The van der Waals surface area contributed by atoms with Crippen molar-refractivity contribution in [2.75, 3.05) is 6.54 Å². The van der Waals surface area contributed by atoms with E-state index in [1.165, 1.54) is 18.4 Å². The van der Waals surface area contributed by atoms with Crippen LogP contribution in [0.3, 0.4) is 0 Å². The monoisotopic (exact) mass is 343 g/mol. The quantitative estimate of drug-likeness (QED) is 0.808. The maximum atomic E-state index is 12.5. The number of aromatic nitrogens is 1. The number of nitrogens with zero attached hydrogens (tertiary/aromatic N) is 1. The van der Waals surface area contributed by atoms with Crippen molar-refractivity contribution in [3.8, 4) is 0 Å². The summed E-state index contributed by atoms with van der Waals surface area (Å²) in [5, 5.41) is 9.59. The van der Waals surface area contributed by atoms with Crippen molar-refractivity contribution in [3.63, 3.8) is 0 Å². The van der Waals surface area contributed by atoms with Gasteiger partial charge in [-0.3, -0.25) is 10.1 Å². The van der Waals surface area contributed by atoms with Crippen LogP contribution in [-0.2, 0) is 10.3 Å². The number of hydrogen-bond donors (Lipinski definition) is 2. The summed E-state index contributed by atoms with van der Waals surface area (Å²) in [6, 6.07) is 10.4. The van der Waals surface area contributed by atoms with E-state index >= 15 is 0 Å². The molecule has 4 nitrogen and oxygen atoms in total. The van der Waals surface area contributed by atoms with Gasteiger partial charge in [-0.15, -0.1) is 11.3 Å². The molecule has 3 rings (SSSR count). The number of carbonyl (C=O) groups excluding carboxylic acids is 1. The molecule has 1 aromatic heterocycles. The van der Waals surface area contributed by atoms with Crippen LogP contribution >= 0.6 is 11.3 Å². The second-order valence-electron chi connectivity index (χ2n) is 7.07. The summed E-state index contributed by atoms with van der Waals surface area (Å²) in [6.45, 7) is 6.41. The molecule has 1 aliphatic rings. The third-order valence-corrected chi connectivity index (χ3v) is 5.70. The van der Waals surface area contributed by atoms with E-state index in [0.717, 1.165) is 10.7 Å². The van der Waals surface area contributed by atoms with Crippen LogP contribution in [0.1, 0.15) is 49.0 Å². The molecule has 0 aliphatic heterocycles. The lowest BCUT2D eigenvalue weighted by molar-refractivity contribution is -0.121. The normalized spacial score (nSPS) is 16.0. The smallest absolute Gasteiger partial charge is 0.234 e. The first-order valence-corrected chi connectivity index (χ1v) is 9.35. The van der Waals surface area contributed by atoms with Gasteiger partial charge in [0.2, 0.25) is 5.91 Å². The van der Waals surface area contributed by atoms with E-state index in [-0.39, 0.29) is 17.5 Å². The second-order valence-corrected chi connectivity index (χ2v) is 7.92. The minimum Gasteiger partial charge on any atom is -0.348 e. The van der Waals surface area contributed by atoms with Gasteiger partial charge in [0, 0.05) is 11.1 Å². The number of rotatable bonds is 7. The van der Waals surface area contributed by atoms with Crippen molar-refractivity contribution in [2.45, 2.75) is 45.2 Å². The molecule has 1 atom stereocenters. The fraction of sp³-hybridized carbons (Fsp3) is 0.474. The summed E-state index contributed by atoms with van der Waals surface area (Å²) in [5.74, 6) is 0.614. The van der Waals surface area contributed by atoms with Crippen LogP contribution in [0.5, 0.6) is 0 Å². The number of hydrogen-bond acceptors (Lipinski definition) is 4. The molecule has 5 heteroatoms. The van der Waals surface area contributed by atoms with Crippen LogP contribution in [0.2, 0.25) is 0 Å². The Morgan fingerprint density at radius 3 is 2.62 bits per heavy atom. The number of amides is 1. The minimum absolute atomic E-state index is 0.0390. The van der Waals surface area contributed by atoms with Gasteiger partial charge in [0.05, 0.1) is 18.1 Å². The van der Waals surface area contributed by atoms with Gasteiger partial charge in [0.1, 0.15) is 5.01 Å². The molecule has 0 radical (unpaired) electrons. The van der Waals surface area contributed by atoms with Gasteiger partial charge >= 0.3 is 0 Å². The highest BCUT2D eigenvalue weighted by Gasteiger charge is 2.33. The number of benzene rings is 1. The average molecular weight is 343 g/mol. The van der Waals surface area contributed by atoms with Crippen molar-refractivity contribution in [1.82, 2.24) is 15.6 Å². The molecule has 0 spiro atoms. The van der Waals surface area contributed by atoms with E-state index in [2.05, 4.69) is 41.6 Å². The standard InChI is InChI=1S/C19H25N3OS/c1-13-12-24-18(21-13)19(2,3)20-11-16(23)22-17(15-9-10-15)14-7-5-4-6-8-14/h4-8,12,15,17,20H,9-11H2,1-3H3,(H,22,23). The Morgan fingerprint density at radius 2 is 2.04 bits per heavy atom. The molecule has 1 amide bonds. The predicted octanol–water partition coefficient (Wildman–Crippen LogP) is 3.54. The Balaban J connectivity index is 1.58. The molecule has 1 fully saturated rings. The van der Waals surface area contributed by atoms with Crippen LogP contribution in [0.25, 0.3) is 0 Å². The third-order valence-electron chi connectivity index (χ3n) is 4.41. The lowest BCUT2D eigenvalue weighted by atomic mass is 10.0. The van der Waals surface area contributed by atoms with Gasteiger partial charge in [-0.2, -0.15) is 0 Å². The number of nitrogens with one attached hydrogen (secondary N) is 2. The molecule has 1 saturated carbocycles. The SMILES string of the molecule is Cc1csc(C(C)(C)NCC(=O)NC(c2ccccc2)C2CC2)n1. The van der Waals surface area contributed by atoms with Crippen molar-refractivity contribution < 1.29 is 4.79 Å². The Bertz CT molecular complexity index is 692. The summed E-state index contributed by atoms with van der Waals surface area (Å²) in [7, 11) is 0. The largest absolute Gasteiger partial charge is 0.348 e. The zero-order chi connectivity index (χ0) is 17.2. The Labute approximate surface area is 147 Å². The summed E-state index contributed by atoms with van der Waals surface area (Å²) >= 11 is 1.63. The number of carbonyl (C=O) groups is 1. The molecule has 1 heterocycles. The van der Waals surface area contributed by atoms with Crippen molar-refractivity contribution in [3.05, 3.63) is 52.0 Å². The molecule has 2 aromatic rings. The highest BCUT2D eigenvalue weighted by Crippen LogP contribution is 2.40. The first kappa shape index (κ1) is 17.1. The zero-order valence-electron chi connectivity index (χ0n) is 14.5. The van der Waals surface area contributed by atoms with Gasteiger partial charge in [-0.25, -0.2) is 4.98 Å². The summed E-state index contributed by atoms with van der Waals surface area (Å²) < 4.78 is 0. The van der Waals surface area contributed by atoms with Crippen molar-refractivity contribution in [1.29, 1.82) is 0 Å². The van der Waals surface area contributed by atoms with Crippen LogP contribution < -0.4 is 10.6 Å². The van der Waals surface area contributed by atoms with E-state index in [4.69, 9.17) is 0 Å². The van der Waals surface area contributed by atoms with Gasteiger partial charge in [0.25, 0.3) is 0 Å². The zero-order valence-corrected chi connectivity index (χ0v) is 15.3. The van der Waals surface area contributed by atoms with E-state index in [1.54, 1.807) is 11.3 Å². The third kappa shape index (κ3) is 4.22. The first-order valence-electron chi connectivity index (χ1n) is 8.47. The summed E-state index contributed by atoms with van der Waals surface area (Å²) in [4.78, 5) is 17.0. The highest BCUT2D eigenvalue weighted by molar-refractivity contribution is 7.09. The van der Waals surface area contributed by atoms with Crippen LogP contribution in [0.15, 0.2) is 35.7 Å². The highest BCUT2D eigenvalue weighted by atomic mass is 32.1. The molecule has 0 saturated heterocycles. The second kappa shape index (κ2) is 7.03. The van der Waals surface area contributed by atoms with Gasteiger partial charge in [0.15, 0.2) is 0 Å². The Hall–Kier alpha value is -1.72. The van der Waals surface area contributed by atoms with Gasteiger partial charge < -0.3 is 5.32 Å². The summed E-state index contributed by atoms with van der Waals surface area (Å²) in [5.41, 5.74) is 1.91. The molecule has 24 heavy (non-hydrogen) atoms. The number of aryl methyl sites for hydroxylation is 1. The lowest BCUT2D eigenvalue weighted by Gasteiger charge is -2.25. The van der Waals surface area contributed by atoms with Crippen LogP contribution in [-0.4, -0.2) is 17.4 Å². The van der Waals surface area contributed by atoms with E-state index < -0.39 is 0 Å². The molecule has 128 valence electrons. The average Bonchev–Trinajstić information content (AvgIpc) is 3.31. The van der Waals surface area contributed by atoms with Gasteiger partial charge in [-0.05, 0) is 45.1 Å². The molecular weight excluding hydrogens is 318 g/mol. The summed E-state index contributed by atoms with van der Waals surface area (Å²) in [6.07, 6.45) is 2.38. The molecule has 1 aromatic carbocycles. The van der Waals surface area contributed by atoms with E-state index in [0.29, 0.717) is 12.5 Å².